The molecule has 1 nitrogen and oxygen atoms in total. The lowest BCUT2D eigenvalue weighted by Gasteiger charge is -2.21. The molecule has 2 aromatic rings. The molecule has 2 heteroatoms. The molecule has 0 heterocycles. The maximum Gasteiger partial charge on any atom is 0.178 e. The Bertz CT molecular complexity index is 561. The third kappa shape index (κ3) is 2.37. The van der Waals surface area contributed by atoms with Gasteiger partial charge in [0.2, 0.25) is 0 Å². The molecule has 2 aromatic carbocycles. The van der Waals surface area contributed by atoms with E-state index in [4.69, 9.17) is 0 Å². The summed E-state index contributed by atoms with van der Waals surface area (Å²) in [6.07, 6.45) is 0. The maximum absolute atomic E-state index is 12.1. The van der Waals surface area contributed by atoms with Crippen LogP contribution < -0.4 is 15.8 Å². The first-order chi connectivity index (χ1) is 8.12. The average Bonchev–Trinajstić information content (AvgIpc) is 2.55. The van der Waals surface area contributed by atoms with Gasteiger partial charge >= 0.3 is 0 Å². The summed E-state index contributed by atoms with van der Waals surface area (Å²) in [4.78, 5) is 12.1. The smallest absolute Gasteiger partial charge is 0.178 e. The number of benzene rings is 1. The molecule has 86 valence electrons. The normalized spacial score (nSPS) is 11.2. The molecule has 0 N–H and O–H groups in total. The summed E-state index contributed by atoms with van der Waals surface area (Å²) >= 11 is 0. The summed E-state index contributed by atoms with van der Waals surface area (Å²) in [6, 6.07) is 19.6. The molecule has 17 heavy (non-hydrogen) atoms. The van der Waals surface area contributed by atoms with Crippen LogP contribution >= 0.6 is 0 Å². The molecule has 0 spiro atoms. The second kappa shape index (κ2) is 4.68. The van der Waals surface area contributed by atoms with Gasteiger partial charge in [-0.05, 0) is 11.3 Å². The van der Waals surface area contributed by atoms with Gasteiger partial charge in [0.05, 0.1) is 0 Å². The molecule has 0 aliphatic heterocycles. The predicted octanol–water partition coefficient (Wildman–Crippen LogP) is 1.87. The third-order valence-corrected chi connectivity index (χ3v) is 6.70. The van der Waals surface area contributed by atoms with E-state index < -0.39 is 8.07 Å². The van der Waals surface area contributed by atoms with E-state index in [0.29, 0.717) is 0 Å². The van der Waals surface area contributed by atoms with Crippen LogP contribution in [0, 0.1) is 0 Å². The van der Waals surface area contributed by atoms with Gasteiger partial charge in [-0.1, -0.05) is 72.9 Å². The Labute approximate surface area is 103 Å². The second-order valence-corrected chi connectivity index (χ2v) is 9.05. The van der Waals surface area contributed by atoms with Crippen molar-refractivity contribution in [3.05, 3.63) is 70.9 Å². The molecule has 0 atom stereocenters. The van der Waals surface area contributed by atoms with Crippen LogP contribution in [-0.4, -0.2) is 8.07 Å². The van der Waals surface area contributed by atoms with Gasteiger partial charge < -0.3 is 0 Å². The summed E-state index contributed by atoms with van der Waals surface area (Å²) in [5.41, 5.74) is 0.149. The van der Waals surface area contributed by atoms with Crippen LogP contribution in [0.1, 0.15) is 0 Å². The zero-order valence-corrected chi connectivity index (χ0v) is 11.2. The molecular weight excluding hydrogens is 224 g/mol. The Morgan fingerprint density at radius 1 is 0.765 bits per heavy atom. The highest BCUT2D eigenvalue weighted by molar-refractivity contribution is 7.00. The van der Waals surface area contributed by atoms with Crippen LogP contribution in [0.15, 0.2) is 65.5 Å². The van der Waals surface area contributed by atoms with Crippen LogP contribution in [0.4, 0.5) is 0 Å². The Morgan fingerprint density at radius 2 is 1.29 bits per heavy atom. The molecule has 0 radical (unpaired) electrons. The summed E-state index contributed by atoms with van der Waals surface area (Å²) < 4.78 is 0. The Kier molecular flexibility index (Phi) is 3.25. The van der Waals surface area contributed by atoms with Crippen molar-refractivity contribution < 1.29 is 0 Å². The summed E-state index contributed by atoms with van der Waals surface area (Å²) in [5, 5.41) is 2.26. The molecule has 2 rings (SSSR count). The van der Waals surface area contributed by atoms with Crippen LogP contribution in [0.2, 0.25) is 13.1 Å². The van der Waals surface area contributed by atoms with Crippen molar-refractivity contribution in [3.63, 3.8) is 0 Å². The van der Waals surface area contributed by atoms with Crippen LogP contribution in [0.5, 0.6) is 0 Å². The van der Waals surface area contributed by atoms with Gasteiger partial charge in [0.1, 0.15) is 8.07 Å². The maximum atomic E-state index is 12.1. The minimum absolute atomic E-state index is 0.149. The van der Waals surface area contributed by atoms with E-state index in [-0.39, 0.29) is 5.43 Å². The van der Waals surface area contributed by atoms with Crippen LogP contribution in [-0.2, 0) is 0 Å². The Hall–Kier alpha value is -1.67. The van der Waals surface area contributed by atoms with E-state index in [0.717, 1.165) is 5.19 Å². The first kappa shape index (κ1) is 11.8. The highest BCUT2D eigenvalue weighted by atomic mass is 28.3. The Morgan fingerprint density at radius 3 is 1.94 bits per heavy atom. The summed E-state index contributed by atoms with van der Waals surface area (Å²) in [5.74, 6) is 0. The van der Waals surface area contributed by atoms with E-state index in [1.165, 1.54) is 5.19 Å². The van der Waals surface area contributed by atoms with Crippen molar-refractivity contribution in [2.45, 2.75) is 13.1 Å². The van der Waals surface area contributed by atoms with E-state index in [9.17, 15) is 4.79 Å². The topological polar surface area (TPSA) is 17.1 Å². The molecule has 0 aliphatic carbocycles. The van der Waals surface area contributed by atoms with E-state index >= 15 is 0 Å². The van der Waals surface area contributed by atoms with Gasteiger partial charge in [-0.2, -0.15) is 0 Å². The van der Waals surface area contributed by atoms with Gasteiger partial charge in [0, 0.05) is 0 Å². The van der Waals surface area contributed by atoms with E-state index in [1.54, 1.807) is 12.1 Å². The highest BCUT2D eigenvalue weighted by Crippen LogP contribution is 2.01. The van der Waals surface area contributed by atoms with Gasteiger partial charge in [-0.15, -0.1) is 0 Å². The second-order valence-electron chi connectivity index (χ2n) is 4.68. The van der Waals surface area contributed by atoms with Crippen molar-refractivity contribution >= 4 is 18.4 Å². The van der Waals surface area contributed by atoms with Crippen molar-refractivity contribution in [1.82, 2.24) is 0 Å². The standard InChI is InChI=1S/C15H16OSi/c1-17(2,13-9-5-3-6-10-13)15-12-8-4-7-11-14(15)16/h3-12H,1-2H3. The zero-order chi connectivity index (χ0) is 12.3. The van der Waals surface area contributed by atoms with Crippen LogP contribution in [0.25, 0.3) is 0 Å². The Balaban J connectivity index is 2.61. The monoisotopic (exact) mass is 240 g/mol. The molecular formula is C15H16OSi. The van der Waals surface area contributed by atoms with E-state index in [2.05, 4.69) is 25.2 Å². The summed E-state index contributed by atoms with van der Waals surface area (Å²) in [6.45, 7) is 4.44. The van der Waals surface area contributed by atoms with Crippen LogP contribution in [0.3, 0.4) is 0 Å². The SMILES string of the molecule is C[Si](C)(c1ccccc1)c1cccccc1=O. The molecule has 0 aliphatic rings. The first-order valence-corrected chi connectivity index (χ1v) is 8.78. The zero-order valence-electron chi connectivity index (χ0n) is 10.2. The minimum Gasteiger partial charge on any atom is -0.290 e. The average molecular weight is 240 g/mol. The van der Waals surface area contributed by atoms with Gasteiger partial charge in [-0.25, -0.2) is 0 Å². The largest absolute Gasteiger partial charge is 0.290 e. The van der Waals surface area contributed by atoms with Gasteiger partial charge in [0.25, 0.3) is 0 Å². The number of hydrogen-bond acceptors (Lipinski definition) is 1. The fraction of sp³-hybridized carbons (Fsp3) is 0.133. The number of rotatable bonds is 2. The highest BCUT2D eigenvalue weighted by Gasteiger charge is 2.27. The van der Waals surface area contributed by atoms with Crippen molar-refractivity contribution in [1.29, 1.82) is 0 Å². The minimum atomic E-state index is -1.86. The molecule has 0 saturated carbocycles. The lowest BCUT2D eigenvalue weighted by molar-refractivity contribution is 1.65. The van der Waals surface area contributed by atoms with Crippen molar-refractivity contribution in [2.75, 3.05) is 0 Å². The molecule has 0 saturated heterocycles. The first-order valence-electron chi connectivity index (χ1n) is 5.78. The predicted molar refractivity (Wildman–Crippen MR) is 75.9 cm³/mol. The lowest BCUT2D eigenvalue weighted by Crippen LogP contribution is -2.57. The van der Waals surface area contributed by atoms with Crippen molar-refractivity contribution in [2.24, 2.45) is 0 Å². The molecule has 0 unspecified atom stereocenters. The lowest BCUT2D eigenvalue weighted by atomic mass is 10.4. The molecule has 0 fully saturated rings. The van der Waals surface area contributed by atoms with Crippen molar-refractivity contribution in [3.8, 4) is 0 Å². The van der Waals surface area contributed by atoms with E-state index in [1.807, 2.05) is 36.4 Å². The summed E-state index contributed by atoms with van der Waals surface area (Å²) in [7, 11) is -1.86. The molecule has 0 aromatic heterocycles. The molecule has 0 amide bonds. The quantitative estimate of drug-likeness (QED) is 0.732. The third-order valence-electron chi connectivity index (χ3n) is 3.17. The number of hydrogen-bond donors (Lipinski definition) is 0. The van der Waals surface area contributed by atoms with Gasteiger partial charge in [-0.3, -0.25) is 4.79 Å². The fourth-order valence-corrected chi connectivity index (χ4v) is 4.61. The fourth-order valence-electron chi connectivity index (χ4n) is 2.06. The molecule has 0 bridgehead atoms. The van der Waals surface area contributed by atoms with Gasteiger partial charge in [0.15, 0.2) is 5.43 Å².